The molecule has 0 bridgehead atoms. The number of halogens is 1. The average molecular weight is 259 g/mol. The minimum Gasteiger partial charge on any atom is -0.305 e. The molecule has 0 amide bonds. The summed E-state index contributed by atoms with van der Waals surface area (Å²) < 4.78 is 13.0. The number of nitrogens with one attached hydrogen (secondary N) is 2. The van der Waals surface area contributed by atoms with Crippen LogP contribution in [-0.4, -0.2) is 10.2 Å². The first-order chi connectivity index (χ1) is 9.24. The van der Waals surface area contributed by atoms with E-state index in [4.69, 9.17) is 0 Å². The largest absolute Gasteiger partial charge is 0.305 e. The first-order valence-electron chi connectivity index (χ1n) is 6.72. The van der Waals surface area contributed by atoms with Gasteiger partial charge in [0.25, 0.3) is 0 Å². The fourth-order valence-electron chi connectivity index (χ4n) is 2.43. The quantitative estimate of drug-likeness (QED) is 0.866. The molecule has 1 aromatic carbocycles. The van der Waals surface area contributed by atoms with Crippen molar-refractivity contribution >= 4 is 0 Å². The third-order valence-corrected chi connectivity index (χ3v) is 3.77. The van der Waals surface area contributed by atoms with Gasteiger partial charge in [-0.2, -0.15) is 5.10 Å². The minimum absolute atomic E-state index is 0.177. The van der Waals surface area contributed by atoms with Crippen molar-refractivity contribution in [2.45, 2.75) is 32.4 Å². The Kier molecular flexibility index (Phi) is 3.34. The number of benzene rings is 1. The molecule has 3 rings (SSSR count). The van der Waals surface area contributed by atoms with E-state index in [1.807, 2.05) is 25.3 Å². The molecule has 2 N–H and O–H groups in total. The molecule has 100 valence electrons. The average Bonchev–Trinajstić information content (AvgIpc) is 3.16. The fraction of sp³-hybridized carbons (Fsp3) is 0.400. The normalized spacial score (nSPS) is 16.5. The number of hydrogen-bond donors (Lipinski definition) is 2. The first kappa shape index (κ1) is 12.4. The Morgan fingerprint density at radius 2 is 2.11 bits per heavy atom. The maximum Gasteiger partial charge on any atom is 0.123 e. The number of nitrogens with zero attached hydrogens (tertiary/aromatic N) is 1. The van der Waals surface area contributed by atoms with Crippen molar-refractivity contribution in [2.75, 3.05) is 0 Å². The van der Waals surface area contributed by atoms with Crippen molar-refractivity contribution in [1.82, 2.24) is 15.5 Å². The van der Waals surface area contributed by atoms with Crippen molar-refractivity contribution in [3.8, 4) is 0 Å². The SMILES string of the molecule is Cc1[nH]ncc1CNC(c1ccc(F)cc1)C1CC1. The molecule has 0 saturated heterocycles. The number of rotatable bonds is 5. The summed E-state index contributed by atoms with van der Waals surface area (Å²) in [5, 5.41) is 10.6. The van der Waals surface area contributed by atoms with E-state index in [2.05, 4.69) is 15.5 Å². The van der Waals surface area contributed by atoms with Crippen LogP contribution in [0.3, 0.4) is 0 Å². The molecule has 1 heterocycles. The van der Waals surface area contributed by atoms with Gasteiger partial charge in [-0.05, 0) is 43.4 Å². The standard InChI is InChI=1S/C15H18FN3/c1-10-13(9-18-19-10)8-17-15(11-2-3-11)12-4-6-14(16)7-5-12/h4-7,9,11,15,17H,2-3,8H2,1H3,(H,18,19). The molecule has 1 atom stereocenters. The second-order valence-electron chi connectivity index (χ2n) is 5.27. The highest BCUT2D eigenvalue weighted by Crippen LogP contribution is 2.41. The van der Waals surface area contributed by atoms with Crippen LogP contribution in [-0.2, 0) is 6.54 Å². The highest BCUT2D eigenvalue weighted by atomic mass is 19.1. The Morgan fingerprint density at radius 1 is 1.37 bits per heavy atom. The lowest BCUT2D eigenvalue weighted by Crippen LogP contribution is -2.22. The van der Waals surface area contributed by atoms with Crippen molar-refractivity contribution in [3.63, 3.8) is 0 Å². The zero-order valence-corrected chi connectivity index (χ0v) is 11.0. The van der Waals surface area contributed by atoms with Crippen LogP contribution < -0.4 is 5.32 Å². The maximum absolute atomic E-state index is 13.0. The second-order valence-corrected chi connectivity index (χ2v) is 5.27. The van der Waals surface area contributed by atoms with E-state index in [1.54, 1.807) is 0 Å². The number of hydrogen-bond acceptors (Lipinski definition) is 2. The van der Waals surface area contributed by atoms with E-state index >= 15 is 0 Å². The summed E-state index contributed by atoms with van der Waals surface area (Å²) in [6.07, 6.45) is 4.36. The molecule has 1 fully saturated rings. The molecule has 1 aromatic heterocycles. The van der Waals surface area contributed by atoms with E-state index in [1.165, 1.54) is 36.1 Å². The lowest BCUT2D eigenvalue weighted by Gasteiger charge is -2.18. The summed E-state index contributed by atoms with van der Waals surface area (Å²) in [5.74, 6) is 0.502. The van der Waals surface area contributed by atoms with Crippen LogP contribution in [0.25, 0.3) is 0 Å². The van der Waals surface area contributed by atoms with Gasteiger partial charge >= 0.3 is 0 Å². The monoisotopic (exact) mass is 259 g/mol. The molecule has 19 heavy (non-hydrogen) atoms. The molecular weight excluding hydrogens is 241 g/mol. The van der Waals surface area contributed by atoms with Crippen LogP contribution in [0.4, 0.5) is 4.39 Å². The summed E-state index contributed by atoms with van der Waals surface area (Å²) in [4.78, 5) is 0. The van der Waals surface area contributed by atoms with E-state index in [9.17, 15) is 4.39 Å². The van der Waals surface area contributed by atoms with Gasteiger partial charge in [-0.15, -0.1) is 0 Å². The smallest absolute Gasteiger partial charge is 0.123 e. The van der Waals surface area contributed by atoms with Gasteiger partial charge in [0.2, 0.25) is 0 Å². The molecule has 2 aromatic rings. The molecule has 1 saturated carbocycles. The van der Waals surface area contributed by atoms with Gasteiger partial charge in [0, 0.05) is 23.8 Å². The van der Waals surface area contributed by atoms with Crippen LogP contribution in [0.1, 0.15) is 35.7 Å². The van der Waals surface area contributed by atoms with E-state index in [0.717, 1.165) is 12.2 Å². The first-order valence-corrected chi connectivity index (χ1v) is 6.72. The topological polar surface area (TPSA) is 40.7 Å². The Bertz CT molecular complexity index is 543. The van der Waals surface area contributed by atoms with Gasteiger partial charge in [0.05, 0.1) is 6.20 Å². The van der Waals surface area contributed by atoms with Crippen molar-refractivity contribution in [3.05, 3.63) is 53.1 Å². The van der Waals surface area contributed by atoms with E-state index in [0.29, 0.717) is 12.0 Å². The van der Waals surface area contributed by atoms with Gasteiger partial charge in [-0.1, -0.05) is 12.1 Å². The molecule has 1 aliphatic carbocycles. The third kappa shape index (κ3) is 2.84. The van der Waals surface area contributed by atoms with Gasteiger partial charge in [0.15, 0.2) is 0 Å². The Hall–Kier alpha value is -1.68. The van der Waals surface area contributed by atoms with E-state index < -0.39 is 0 Å². The van der Waals surface area contributed by atoms with Crippen molar-refractivity contribution < 1.29 is 4.39 Å². The summed E-state index contributed by atoms with van der Waals surface area (Å²) in [7, 11) is 0. The molecular formula is C15H18FN3. The molecule has 1 aliphatic rings. The van der Waals surface area contributed by atoms with Crippen LogP contribution in [0, 0.1) is 18.7 Å². The Labute approximate surface area is 112 Å². The van der Waals surface area contributed by atoms with E-state index in [-0.39, 0.29) is 5.82 Å². The minimum atomic E-state index is -0.177. The van der Waals surface area contributed by atoms with Gasteiger partial charge in [-0.25, -0.2) is 4.39 Å². The van der Waals surface area contributed by atoms with Crippen LogP contribution in [0.2, 0.25) is 0 Å². The molecule has 0 aliphatic heterocycles. The molecule has 1 unspecified atom stereocenters. The predicted molar refractivity (Wildman–Crippen MR) is 72.0 cm³/mol. The third-order valence-electron chi connectivity index (χ3n) is 3.77. The highest BCUT2D eigenvalue weighted by molar-refractivity contribution is 5.23. The second kappa shape index (κ2) is 5.13. The van der Waals surface area contributed by atoms with Crippen LogP contribution >= 0.6 is 0 Å². The number of aryl methyl sites for hydroxylation is 1. The van der Waals surface area contributed by atoms with Crippen LogP contribution in [0.15, 0.2) is 30.5 Å². The molecule has 4 heteroatoms. The summed E-state index contributed by atoms with van der Waals surface area (Å²) >= 11 is 0. The number of aromatic nitrogens is 2. The summed E-state index contributed by atoms with van der Waals surface area (Å²) in [6.45, 7) is 2.81. The zero-order chi connectivity index (χ0) is 13.2. The maximum atomic E-state index is 13.0. The van der Waals surface area contributed by atoms with Gasteiger partial charge in [-0.3, -0.25) is 5.10 Å². The highest BCUT2D eigenvalue weighted by Gasteiger charge is 2.32. The molecule has 3 nitrogen and oxygen atoms in total. The van der Waals surface area contributed by atoms with Gasteiger partial charge < -0.3 is 5.32 Å². The lowest BCUT2D eigenvalue weighted by atomic mass is 10.0. The van der Waals surface area contributed by atoms with Crippen molar-refractivity contribution in [2.24, 2.45) is 5.92 Å². The number of H-pyrrole nitrogens is 1. The zero-order valence-electron chi connectivity index (χ0n) is 11.0. The van der Waals surface area contributed by atoms with Crippen molar-refractivity contribution in [1.29, 1.82) is 0 Å². The fourth-order valence-corrected chi connectivity index (χ4v) is 2.43. The summed E-state index contributed by atoms with van der Waals surface area (Å²) in [6, 6.07) is 7.15. The predicted octanol–water partition coefficient (Wildman–Crippen LogP) is 3.10. The Morgan fingerprint density at radius 3 is 2.68 bits per heavy atom. The van der Waals surface area contributed by atoms with Crippen LogP contribution in [0.5, 0.6) is 0 Å². The molecule has 0 spiro atoms. The Balaban J connectivity index is 1.71. The lowest BCUT2D eigenvalue weighted by molar-refractivity contribution is 0.478. The number of aromatic amines is 1. The summed E-state index contributed by atoms with van der Waals surface area (Å²) in [5.41, 5.74) is 3.46. The molecule has 0 radical (unpaired) electrons. The van der Waals surface area contributed by atoms with Gasteiger partial charge in [0.1, 0.15) is 5.82 Å².